The minimum atomic E-state index is -2.84. The topological polar surface area (TPSA) is 35.9 Å². The van der Waals surface area contributed by atoms with E-state index in [4.69, 9.17) is 28.9 Å². The van der Waals surface area contributed by atoms with Gasteiger partial charge in [-0.25, -0.2) is 4.98 Å². The van der Waals surface area contributed by atoms with E-state index in [0.717, 1.165) is 27.6 Å². The van der Waals surface area contributed by atoms with Crippen LogP contribution in [0.3, 0.4) is 0 Å². The Hall–Kier alpha value is -8.89. The third-order valence-corrected chi connectivity index (χ3v) is 14.3. The molecule has 0 N–H and O–H groups in total. The Kier molecular flexibility index (Phi) is 9.38. The van der Waals surface area contributed by atoms with Crippen LogP contribution in [0.4, 0.5) is 0 Å². The largest absolute Gasteiger partial charge is 0.510 e. The Labute approximate surface area is 515 Å². The molecule has 13 aromatic rings. The van der Waals surface area contributed by atoms with Crippen LogP contribution < -0.4 is 9.30 Å². The van der Waals surface area contributed by atoms with Gasteiger partial charge in [0.1, 0.15) is 5.82 Å². The predicted octanol–water partition coefficient (Wildman–Crippen LogP) is 18.8. The molecule has 0 unspecified atom stereocenters. The van der Waals surface area contributed by atoms with Crippen molar-refractivity contribution in [2.24, 2.45) is 0 Å². The molecular weight excluding hydrogens is 1170 g/mol. The molecule has 0 aliphatic rings. The normalized spacial score (nSPS) is 15.1. The van der Waals surface area contributed by atoms with Gasteiger partial charge in [0.05, 0.1) is 37.3 Å². The van der Waals surface area contributed by atoms with Crippen LogP contribution in [0.5, 0.6) is 11.5 Å². The summed E-state index contributed by atoms with van der Waals surface area (Å²) in [6, 6.07) is 40.7. The van der Waals surface area contributed by atoms with E-state index in [2.05, 4.69) is 84.3 Å². The van der Waals surface area contributed by atoms with Crippen molar-refractivity contribution >= 4 is 32.8 Å². The second-order valence-corrected chi connectivity index (χ2v) is 21.6. The van der Waals surface area contributed by atoms with Gasteiger partial charge in [-0.2, -0.15) is 18.2 Å². The third-order valence-electron chi connectivity index (χ3n) is 14.3. The molecule has 3 heterocycles. The van der Waals surface area contributed by atoms with Gasteiger partial charge in [-0.3, -0.25) is 4.57 Å². The van der Waals surface area contributed by atoms with E-state index in [0.29, 0.717) is 44.3 Å². The van der Waals surface area contributed by atoms with Crippen LogP contribution >= 0.6 is 0 Å². The number of para-hydroxylation sites is 1. The molecule has 0 atom stereocenters. The summed E-state index contributed by atoms with van der Waals surface area (Å²) in [5, 5.41) is 1.47. The van der Waals surface area contributed by atoms with Crippen molar-refractivity contribution in [3.63, 3.8) is 0 Å². The number of hydrogen-bond acceptors (Lipinski definition) is 2. The standard InChI is InChI=1S/C75H60N4O.Pt/c1-50-41-72(76-48-67(50)54-25-15-10-16-26-54)79-68-32-18-17-31-63(68)64-39-38-62(47-70(64)79)80-61-30-20-29-60(46-61)77-49-78(69-40-35-55(45-71(69)77)52-33-36-58(37-34-52)74(2,3)4)73-65(53-23-13-9-14-24-53)43-57(51-21-11-8-12-22-51)44-66(73)56-27-19-28-59(42-56)75(5,6)7;/h8-45,48H,1-7H3;/q-2;/i1D3,8D,9D,10D,11D,12D,13D,14D,15D,16D,21D,22D,23D,24D,25D,26D;. The van der Waals surface area contributed by atoms with Gasteiger partial charge in [0.15, 0.2) is 0 Å². The monoisotopic (exact) mass is 1250 g/mol. The Balaban J connectivity index is 0.00000931. The van der Waals surface area contributed by atoms with Gasteiger partial charge in [0.2, 0.25) is 0 Å². The van der Waals surface area contributed by atoms with E-state index < -0.39 is 103 Å². The number of fused-ring (bicyclic) bond motifs is 4. The fourth-order valence-electron chi connectivity index (χ4n) is 10.2. The Morgan fingerprint density at radius 3 is 1.85 bits per heavy atom. The van der Waals surface area contributed by atoms with Crippen LogP contribution in [-0.4, -0.2) is 14.1 Å². The third kappa shape index (κ3) is 10.1. The van der Waals surface area contributed by atoms with Crippen molar-refractivity contribution in [3.8, 4) is 84.3 Å². The minimum absolute atomic E-state index is 0. The number of nitrogens with zero attached hydrogens (tertiary/aromatic N) is 4. The van der Waals surface area contributed by atoms with Gasteiger partial charge in [-0.1, -0.05) is 217 Å². The number of ether oxygens (including phenoxy) is 1. The predicted molar refractivity (Wildman–Crippen MR) is 329 cm³/mol. The number of aromatic nitrogens is 4. The zero-order chi connectivity index (χ0) is 70.3. The van der Waals surface area contributed by atoms with E-state index in [9.17, 15) is 5.48 Å². The van der Waals surface area contributed by atoms with Crippen molar-refractivity contribution in [3.05, 3.63) is 272 Å². The van der Waals surface area contributed by atoms with E-state index in [1.165, 1.54) is 18.3 Å². The molecule has 0 radical (unpaired) electrons. The molecule has 3 aromatic heterocycles. The Morgan fingerprint density at radius 2 is 1.15 bits per heavy atom. The number of imidazole rings is 1. The number of rotatable bonds is 10. The summed E-state index contributed by atoms with van der Waals surface area (Å²) >= 11 is 0. The van der Waals surface area contributed by atoms with E-state index >= 15 is 0 Å². The van der Waals surface area contributed by atoms with Crippen LogP contribution in [0.25, 0.3) is 106 Å². The Morgan fingerprint density at radius 1 is 0.506 bits per heavy atom. The molecule has 10 aromatic carbocycles. The van der Waals surface area contributed by atoms with Crippen molar-refractivity contribution < 1.29 is 55.0 Å². The quantitative estimate of drug-likeness (QED) is 0.101. The van der Waals surface area contributed by atoms with Crippen molar-refractivity contribution in [1.29, 1.82) is 0 Å². The number of benzene rings is 10. The summed E-state index contributed by atoms with van der Waals surface area (Å²) in [5.74, 6) is 0.560. The average Bonchev–Trinajstić information content (AvgIpc) is 1.71. The molecule has 0 bridgehead atoms. The SMILES string of the molecule is [2H]c1c([2H])c([2H])c(-c2cc(-c3cccc(C(C)(C)C)c3)c(-[n+]3[c-]n(-c4[c-]c(Oc5[c-]c6c(cc5)c5ccccc5n6-c5cc(C([2H])([2H])[2H])c(-c6c([2H])c([2H])c([2H])c([2H])c6[2H])cn5)ccc4)c4cc(-c5ccc(C(C)(C)C)cc5)ccc43)c(-c3c([2H])c([2H])c([2H])c([2H])c3[2H])c2)c([2H])c1[2H].[Pt]. The first kappa shape index (κ1) is 35.7. The maximum absolute atomic E-state index is 9.57. The van der Waals surface area contributed by atoms with Crippen LogP contribution in [0, 0.1) is 25.3 Å². The number of pyridine rings is 1. The van der Waals surface area contributed by atoms with Crippen molar-refractivity contribution in [2.75, 3.05) is 0 Å². The zero-order valence-corrected chi connectivity index (χ0v) is 47.1. The van der Waals surface area contributed by atoms with Crippen molar-refractivity contribution in [2.45, 2.75) is 59.2 Å². The molecule has 5 nitrogen and oxygen atoms in total. The summed E-state index contributed by atoms with van der Waals surface area (Å²) in [7, 11) is 0. The first-order valence-electron chi connectivity index (χ1n) is 35.0. The first-order chi connectivity index (χ1) is 46.2. The van der Waals surface area contributed by atoms with Crippen molar-refractivity contribution in [1.82, 2.24) is 14.1 Å². The summed E-state index contributed by atoms with van der Waals surface area (Å²) in [6.07, 6.45) is 4.82. The molecule has 0 amide bonds. The molecule has 0 saturated carbocycles. The van der Waals surface area contributed by atoms with Gasteiger partial charge in [0.25, 0.3) is 6.33 Å². The summed E-state index contributed by atoms with van der Waals surface area (Å²) in [4.78, 5) is 4.72. The summed E-state index contributed by atoms with van der Waals surface area (Å²) < 4.78 is 171. The van der Waals surface area contributed by atoms with Gasteiger partial charge in [-0.05, 0) is 126 Å². The first-order valence-corrected chi connectivity index (χ1v) is 26.0. The van der Waals surface area contributed by atoms with Crippen LogP contribution in [0.15, 0.2) is 236 Å². The molecule has 13 rings (SSSR count). The number of aryl methyl sites for hydroxylation is 1. The van der Waals surface area contributed by atoms with Crippen LogP contribution in [0.2, 0.25) is 0 Å². The van der Waals surface area contributed by atoms with Gasteiger partial charge >= 0.3 is 0 Å². The second-order valence-electron chi connectivity index (χ2n) is 21.6. The molecule has 0 aliphatic heterocycles. The Bertz CT molecular complexity index is 5430. The molecule has 0 fully saturated rings. The molecule has 0 aliphatic carbocycles. The molecule has 81 heavy (non-hydrogen) atoms. The fraction of sp³-hybridized carbons (Fsp3) is 0.120. The van der Waals surface area contributed by atoms with Gasteiger partial charge < -0.3 is 13.9 Å². The molecular formula is C75H60N4OPt-2. The molecule has 0 saturated heterocycles. The summed E-state index contributed by atoms with van der Waals surface area (Å²) in [5.41, 5.74) is 6.01. The van der Waals surface area contributed by atoms with Gasteiger partial charge in [-0.15, -0.1) is 29.7 Å². The molecule has 398 valence electrons. The number of hydrogen-bond donors (Lipinski definition) is 0. The van der Waals surface area contributed by atoms with E-state index in [-0.39, 0.29) is 88.4 Å². The maximum atomic E-state index is 9.57. The average molecular weight is 1250 g/mol. The molecule has 6 heteroatoms. The zero-order valence-electron chi connectivity index (χ0n) is 62.9. The minimum Gasteiger partial charge on any atom is -0.510 e. The summed E-state index contributed by atoms with van der Waals surface area (Å²) in [6.45, 7) is 9.74. The van der Waals surface area contributed by atoms with Gasteiger partial charge in [0, 0.05) is 54.0 Å². The smallest absolute Gasteiger partial charge is 0.268 e. The maximum Gasteiger partial charge on any atom is 0.268 e. The van der Waals surface area contributed by atoms with Crippen LogP contribution in [0.1, 0.15) is 82.9 Å². The van der Waals surface area contributed by atoms with E-state index in [1.54, 1.807) is 44.0 Å². The molecule has 0 spiro atoms. The van der Waals surface area contributed by atoms with E-state index in [1.807, 2.05) is 72.8 Å². The van der Waals surface area contributed by atoms with Crippen LogP contribution in [-0.2, 0) is 31.9 Å². The fourth-order valence-corrected chi connectivity index (χ4v) is 10.2. The second kappa shape index (κ2) is 21.3.